The molecule has 5 rings (SSSR count). The zero-order valence-electron chi connectivity index (χ0n) is 19.3. The number of aromatic nitrogens is 1. The molecular weight excluding hydrogens is 421 g/mol. The summed E-state index contributed by atoms with van der Waals surface area (Å²) < 4.78 is 21.3. The third-order valence-corrected chi connectivity index (χ3v) is 7.79. The summed E-state index contributed by atoms with van der Waals surface area (Å²) in [4.78, 5) is 29.1. The average molecular weight is 452 g/mol. The van der Waals surface area contributed by atoms with Crippen LogP contribution in [0.1, 0.15) is 56.1 Å². The molecule has 2 aromatic heterocycles. The van der Waals surface area contributed by atoms with Crippen LogP contribution >= 0.6 is 0 Å². The predicted molar refractivity (Wildman–Crippen MR) is 123 cm³/mol. The van der Waals surface area contributed by atoms with Gasteiger partial charge in [0.2, 0.25) is 5.91 Å². The van der Waals surface area contributed by atoms with Crippen molar-refractivity contribution >= 4 is 22.9 Å². The van der Waals surface area contributed by atoms with E-state index in [1.54, 1.807) is 29.4 Å². The number of carbonyl (C=O) groups excluding carboxylic acids is 2. The van der Waals surface area contributed by atoms with Gasteiger partial charge in [-0.1, -0.05) is 38.8 Å². The van der Waals surface area contributed by atoms with Gasteiger partial charge in [0.15, 0.2) is 5.58 Å². The second kappa shape index (κ2) is 8.04. The third kappa shape index (κ3) is 3.63. The van der Waals surface area contributed by atoms with E-state index >= 15 is 0 Å². The van der Waals surface area contributed by atoms with Crippen LogP contribution in [0.3, 0.4) is 0 Å². The number of hydrogen-bond donors (Lipinski definition) is 1. The number of carbonyl (C=O) groups is 2. The number of hydrogen-bond acceptors (Lipinski definition) is 3. The van der Waals surface area contributed by atoms with Crippen molar-refractivity contribution in [1.29, 1.82) is 0 Å². The lowest BCUT2D eigenvalue weighted by Gasteiger charge is -2.45. The van der Waals surface area contributed by atoms with Crippen LogP contribution in [0.2, 0.25) is 0 Å². The van der Waals surface area contributed by atoms with Crippen molar-refractivity contribution in [3.8, 4) is 0 Å². The van der Waals surface area contributed by atoms with Crippen LogP contribution < -0.4 is 5.32 Å². The number of fused-ring (bicyclic) bond motifs is 3. The van der Waals surface area contributed by atoms with E-state index in [0.717, 1.165) is 18.4 Å². The monoisotopic (exact) mass is 451 g/mol. The molecule has 0 saturated heterocycles. The van der Waals surface area contributed by atoms with Gasteiger partial charge in [-0.05, 0) is 42.9 Å². The van der Waals surface area contributed by atoms with E-state index < -0.39 is 5.54 Å². The molecule has 1 fully saturated rings. The summed E-state index contributed by atoms with van der Waals surface area (Å²) >= 11 is 0. The van der Waals surface area contributed by atoms with E-state index in [1.807, 2.05) is 17.6 Å². The predicted octanol–water partition coefficient (Wildman–Crippen LogP) is 4.73. The first-order valence-corrected chi connectivity index (χ1v) is 11.7. The number of halogens is 1. The Morgan fingerprint density at radius 3 is 2.85 bits per heavy atom. The van der Waals surface area contributed by atoms with Gasteiger partial charge in [-0.25, -0.2) is 4.39 Å². The topological polar surface area (TPSA) is 67.5 Å². The molecular formula is C26H30FN3O3. The van der Waals surface area contributed by atoms with Crippen LogP contribution in [0.5, 0.6) is 0 Å². The van der Waals surface area contributed by atoms with E-state index in [4.69, 9.17) is 4.42 Å². The standard InChI is InChI=1S/C26H30FN3O3/c1-16-6-4-9-20(17(16)2)28-25(32)26(3)15-29-21-10-11-33-23(21)13-22(29)24(31)30(26)14-18-7-5-8-19(27)12-18/h5,7-8,10-13,16-17,20H,4,6,9,14-15H2,1-3H3,(H,28,32)/t16-,17+,20+,26-/m1/s1. The summed E-state index contributed by atoms with van der Waals surface area (Å²) in [6.07, 6.45) is 4.77. The summed E-state index contributed by atoms with van der Waals surface area (Å²) in [5.41, 5.74) is 1.39. The Morgan fingerprint density at radius 1 is 1.24 bits per heavy atom. The summed E-state index contributed by atoms with van der Waals surface area (Å²) in [5.74, 6) is 0.0997. The largest absolute Gasteiger partial charge is 0.463 e. The van der Waals surface area contributed by atoms with Crippen LogP contribution in [-0.2, 0) is 17.9 Å². The van der Waals surface area contributed by atoms with E-state index in [2.05, 4.69) is 19.2 Å². The Bertz CT molecular complexity index is 1210. The van der Waals surface area contributed by atoms with Crippen LogP contribution in [-0.4, -0.2) is 32.9 Å². The molecule has 3 aromatic rings. The maximum Gasteiger partial charge on any atom is 0.271 e. The molecule has 6 nitrogen and oxygen atoms in total. The van der Waals surface area contributed by atoms with Gasteiger partial charge in [0.05, 0.1) is 18.3 Å². The fourth-order valence-corrected chi connectivity index (χ4v) is 5.45. The van der Waals surface area contributed by atoms with Gasteiger partial charge in [-0.3, -0.25) is 9.59 Å². The molecule has 33 heavy (non-hydrogen) atoms. The van der Waals surface area contributed by atoms with Crippen molar-refractivity contribution in [2.75, 3.05) is 0 Å². The van der Waals surface area contributed by atoms with Crippen molar-refractivity contribution in [1.82, 2.24) is 14.8 Å². The molecule has 7 heteroatoms. The zero-order chi connectivity index (χ0) is 23.3. The third-order valence-electron chi connectivity index (χ3n) is 7.79. The SMILES string of the molecule is C[C@H]1[C@H](C)CCC[C@@H]1NC(=O)[C@@]1(C)Cn2c(cc3occc32)C(=O)N1Cc1cccc(F)c1. The van der Waals surface area contributed by atoms with Gasteiger partial charge in [0.25, 0.3) is 5.91 Å². The number of nitrogens with one attached hydrogen (secondary N) is 1. The smallest absolute Gasteiger partial charge is 0.271 e. The van der Waals surface area contributed by atoms with E-state index in [1.165, 1.54) is 18.6 Å². The van der Waals surface area contributed by atoms with Crippen molar-refractivity contribution in [3.63, 3.8) is 0 Å². The fraction of sp³-hybridized carbons (Fsp3) is 0.462. The second-order valence-corrected chi connectivity index (χ2v) is 9.93. The highest BCUT2D eigenvalue weighted by atomic mass is 19.1. The quantitative estimate of drug-likeness (QED) is 0.624. The number of rotatable bonds is 4. The Balaban J connectivity index is 1.53. The first-order valence-electron chi connectivity index (χ1n) is 11.7. The molecule has 0 radical (unpaired) electrons. The highest BCUT2D eigenvalue weighted by molar-refractivity contribution is 6.02. The second-order valence-electron chi connectivity index (χ2n) is 9.93. The first-order chi connectivity index (χ1) is 15.8. The summed E-state index contributed by atoms with van der Waals surface area (Å²) in [5, 5.41) is 3.28. The molecule has 1 aromatic carbocycles. The molecule has 1 N–H and O–H groups in total. The average Bonchev–Trinajstić information content (AvgIpc) is 3.37. The normalized spacial score (nSPS) is 27.6. The van der Waals surface area contributed by atoms with Gasteiger partial charge >= 0.3 is 0 Å². The molecule has 0 spiro atoms. The zero-order valence-corrected chi connectivity index (χ0v) is 19.3. The van der Waals surface area contributed by atoms with Crippen molar-refractivity contribution in [2.24, 2.45) is 11.8 Å². The van der Waals surface area contributed by atoms with E-state index in [9.17, 15) is 14.0 Å². The first kappa shape index (κ1) is 21.7. The lowest BCUT2D eigenvalue weighted by Crippen LogP contribution is -2.65. The minimum atomic E-state index is -1.14. The molecule has 174 valence electrons. The van der Waals surface area contributed by atoms with E-state index in [-0.39, 0.29) is 30.2 Å². The van der Waals surface area contributed by atoms with Crippen molar-refractivity contribution in [3.05, 3.63) is 59.7 Å². The van der Waals surface area contributed by atoms with Crippen molar-refractivity contribution in [2.45, 2.75) is 64.7 Å². The summed E-state index contributed by atoms with van der Waals surface area (Å²) in [7, 11) is 0. The molecule has 3 heterocycles. The van der Waals surface area contributed by atoms with Crippen LogP contribution in [0.25, 0.3) is 11.1 Å². The number of benzene rings is 1. The molecule has 2 aliphatic rings. The van der Waals surface area contributed by atoms with Crippen LogP contribution in [0.4, 0.5) is 4.39 Å². The summed E-state index contributed by atoms with van der Waals surface area (Å²) in [6, 6.07) is 9.80. The lowest BCUT2D eigenvalue weighted by molar-refractivity contribution is -0.134. The van der Waals surface area contributed by atoms with Gasteiger partial charge in [0, 0.05) is 24.7 Å². The maximum absolute atomic E-state index is 13.9. The molecule has 1 aliphatic heterocycles. The summed E-state index contributed by atoms with van der Waals surface area (Å²) in [6.45, 7) is 6.67. The number of nitrogens with zero attached hydrogens (tertiary/aromatic N) is 2. The van der Waals surface area contributed by atoms with Gasteiger partial charge < -0.3 is 19.2 Å². The fourth-order valence-electron chi connectivity index (χ4n) is 5.45. The van der Waals surface area contributed by atoms with Gasteiger partial charge in [0.1, 0.15) is 17.1 Å². The molecule has 4 atom stereocenters. The lowest BCUT2D eigenvalue weighted by atomic mass is 9.77. The highest BCUT2D eigenvalue weighted by Gasteiger charge is 2.48. The molecule has 0 bridgehead atoms. The Labute approximate surface area is 192 Å². The van der Waals surface area contributed by atoms with Gasteiger partial charge in [-0.2, -0.15) is 0 Å². The van der Waals surface area contributed by atoms with E-state index in [0.29, 0.717) is 35.2 Å². The maximum atomic E-state index is 13.9. The Hall–Kier alpha value is -3.09. The van der Waals surface area contributed by atoms with Gasteiger partial charge in [-0.15, -0.1) is 0 Å². The van der Waals surface area contributed by atoms with Crippen LogP contribution in [0.15, 0.2) is 47.1 Å². The Kier molecular flexibility index (Phi) is 5.30. The number of furan rings is 1. The highest BCUT2D eigenvalue weighted by Crippen LogP contribution is 2.35. The van der Waals surface area contributed by atoms with Crippen LogP contribution in [0, 0.1) is 17.7 Å². The Morgan fingerprint density at radius 2 is 2.06 bits per heavy atom. The number of amides is 2. The van der Waals surface area contributed by atoms with Crippen molar-refractivity contribution < 1.29 is 18.4 Å². The molecule has 0 unspecified atom stereocenters. The molecule has 1 aliphatic carbocycles. The minimum absolute atomic E-state index is 0.0733. The molecule has 2 amide bonds. The minimum Gasteiger partial charge on any atom is -0.463 e. The molecule has 1 saturated carbocycles.